The number of aromatic nitrogens is 3. The van der Waals surface area contributed by atoms with Crippen molar-refractivity contribution in [2.75, 3.05) is 29.4 Å². The number of nitrogens with zero attached hydrogens (tertiary/aromatic N) is 6. The highest BCUT2D eigenvalue weighted by Gasteiger charge is 2.35. The van der Waals surface area contributed by atoms with E-state index >= 15 is 0 Å². The van der Waals surface area contributed by atoms with Crippen molar-refractivity contribution in [2.24, 2.45) is 7.05 Å². The van der Waals surface area contributed by atoms with Crippen molar-refractivity contribution in [3.8, 4) is 6.07 Å². The van der Waals surface area contributed by atoms with Gasteiger partial charge in [0.05, 0.1) is 24.0 Å². The molecule has 1 aliphatic heterocycles. The van der Waals surface area contributed by atoms with Crippen molar-refractivity contribution in [1.82, 2.24) is 14.8 Å². The van der Waals surface area contributed by atoms with Crippen molar-refractivity contribution in [1.29, 1.82) is 5.26 Å². The Morgan fingerprint density at radius 2 is 2.04 bits per heavy atom. The number of hydrogen-bond donors (Lipinski definition) is 0. The summed E-state index contributed by atoms with van der Waals surface area (Å²) in [5, 5.41) is 13.1. The summed E-state index contributed by atoms with van der Waals surface area (Å²) < 4.78 is 40.2. The Hall–Kier alpha value is -3.09. The van der Waals surface area contributed by atoms with Crippen molar-refractivity contribution < 1.29 is 18.0 Å². The molecule has 2 aromatic heterocycles. The fourth-order valence-corrected chi connectivity index (χ4v) is 2.61. The van der Waals surface area contributed by atoms with Gasteiger partial charge in [0.1, 0.15) is 17.6 Å². The van der Waals surface area contributed by atoms with Crippen molar-refractivity contribution in [3.63, 3.8) is 0 Å². The number of halogens is 3. The van der Waals surface area contributed by atoms with Gasteiger partial charge in [0.15, 0.2) is 0 Å². The van der Waals surface area contributed by atoms with Crippen molar-refractivity contribution in [3.05, 3.63) is 35.8 Å². The van der Waals surface area contributed by atoms with E-state index in [1.807, 2.05) is 6.07 Å². The van der Waals surface area contributed by atoms with Gasteiger partial charge >= 0.3 is 6.18 Å². The number of anilines is 2. The van der Waals surface area contributed by atoms with E-state index in [0.717, 1.165) is 12.1 Å². The van der Waals surface area contributed by atoms with Crippen molar-refractivity contribution >= 4 is 17.4 Å². The predicted octanol–water partition coefficient (Wildman–Crippen LogP) is 1.56. The summed E-state index contributed by atoms with van der Waals surface area (Å²) in [5.41, 5.74) is -0.482. The van der Waals surface area contributed by atoms with E-state index in [9.17, 15) is 18.0 Å². The second kappa shape index (κ2) is 6.08. The molecule has 7 nitrogen and oxygen atoms in total. The molecule has 0 aromatic carbocycles. The topological polar surface area (TPSA) is 78.0 Å². The minimum Gasteiger partial charge on any atom is -0.344 e. The van der Waals surface area contributed by atoms with Gasteiger partial charge in [-0.3, -0.25) is 9.48 Å². The van der Waals surface area contributed by atoms with Gasteiger partial charge in [-0.2, -0.15) is 23.5 Å². The van der Waals surface area contributed by atoms with Crippen LogP contribution in [0.4, 0.5) is 24.7 Å². The number of piperazine rings is 1. The van der Waals surface area contributed by atoms with Gasteiger partial charge in [0.2, 0.25) is 5.91 Å². The highest BCUT2D eigenvalue weighted by molar-refractivity contribution is 5.97. The van der Waals surface area contributed by atoms with Crippen LogP contribution in [0.1, 0.15) is 11.3 Å². The van der Waals surface area contributed by atoms with Gasteiger partial charge in [-0.25, -0.2) is 4.98 Å². The monoisotopic (exact) mass is 350 g/mol. The van der Waals surface area contributed by atoms with Crippen LogP contribution in [-0.2, 0) is 18.0 Å². The van der Waals surface area contributed by atoms with E-state index in [0.29, 0.717) is 5.69 Å². The van der Waals surface area contributed by atoms with Gasteiger partial charge in [-0.15, -0.1) is 0 Å². The first kappa shape index (κ1) is 16.8. The van der Waals surface area contributed by atoms with Crippen LogP contribution in [0.2, 0.25) is 0 Å². The molecule has 0 aliphatic carbocycles. The molecular weight excluding hydrogens is 337 g/mol. The molecule has 0 radical (unpaired) electrons. The van der Waals surface area contributed by atoms with E-state index in [-0.39, 0.29) is 36.9 Å². The van der Waals surface area contributed by atoms with E-state index in [4.69, 9.17) is 5.26 Å². The van der Waals surface area contributed by atoms with E-state index in [1.54, 1.807) is 17.9 Å². The highest BCUT2D eigenvalue weighted by Crippen LogP contribution is 2.31. The molecule has 25 heavy (non-hydrogen) atoms. The lowest BCUT2D eigenvalue weighted by Gasteiger charge is -2.34. The summed E-state index contributed by atoms with van der Waals surface area (Å²) in [6, 6.07) is 3.66. The fraction of sp³-hybridized carbons (Fsp3) is 0.333. The number of carbonyl (C=O) groups excluding carboxylic acids is 1. The molecule has 0 spiro atoms. The molecule has 1 amide bonds. The van der Waals surface area contributed by atoms with Crippen molar-refractivity contribution in [2.45, 2.75) is 6.18 Å². The SMILES string of the molecule is Cn1cc(N2CCN(c3nc(C(F)(F)F)ccc3C#N)CC2=O)cn1. The molecule has 1 aliphatic rings. The molecule has 0 bridgehead atoms. The maximum absolute atomic E-state index is 12.9. The van der Waals surface area contributed by atoms with Crippen LogP contribution in [0, 0.1) is 11.3 Å². The number of amides is 1. The quantitative estimate of drug-likeness (QED) is 0.821. The van der Waals surface area contributed by atoms with Gasteiger partial charge in [-0.05, 0) is 12.1 Å². The minimum atomic E-state index is -4.62. The Balaban J connectivity index is 1.87. The summed E-state index contributed by atoms with van der Waals surface area (Å²) in [7, 11) is 1.72. The molecule has 3 heterocycles. The Labute approximate surface area is 140 Å². The van der Waals surface area contributed by atoms with E-state index in [2.05, 4.69) is 10.1 Å². The zero-order valence-electron chi connectivity index (χ0n) is 13.2. The van der Waals surface area contributed by atoms with Gasteiger partial charge in [-0.1, -0.05) is 0 Å². The molecular formula is C15H13F3N6O. The molecule has 3 rings (SSSR count). The maximum atomic E-state index is 12.9. The van der Waals surface area contributed by atoms with Crippen LogP contribution in [-0.4, -0.2) is 40.3 Å². The summed E-state index contributed by atoms with van der Waals surface area (Å²) in [4.78, 5) is 18.8. The first-order chi connectivity index (χ1) is 11.8. The average molecular weight is 350 g/mol. The second-order valence-electron chi connectivity index (χ2n) is 5.52. The molecule has 2 aromatic rings. The van der Waals surface area contributed by atoms with Crippen LogP contribution < -0.4 is 9.80 Å². The van der Waals surface area contributed by atoms with Gasteiger partial charge in [0.25, 0.3) is 0 Å². The number of pyridine rings is 1. The number of alkyl halides is 3. The lowest BCUT2D eigenvalue weighted by atomic mass is 10.2. The predicted molar refractivity (Wildman–Crippen MR) is 81.7 cm³/mol. The van der Waals surface area contributed by atoms with E-state index in [1.165, 1.54) is 16.0 Å². The molecule has 1 saturated heterocycles. The molecule has 130 valence electrons. The molecule has 0 saturated carbocycles. The van der Waals surface area contributed by atoms with Crippen LogP contribution in [0.3, 0.4) is 0 Å². The number of nitriles is 1. The Morgan fingerprint density at radius 1 is 1.28 bits per heavy atom. The molecule has 0 N–H and O–H groups in total. The third kappa shape index (κ3) is 3.26. The Bertz CT molecular complexity index is 854. The molecule has 1 fully saturated rings. The summed E-state index contributed by atoms with van der Waals surface area (Å²) in [6.45, 7) is 0.342. The summed E-state index contributed by atoms with van der Waals surface area (Å²) in [5.74, 6) is -0.432. The lowest BCUT2D eigenvalue weighted by molar-refractivity contribution is -0.141. The number of rotatable bonds is 2. The smallest absolute Gasteiger partial charge is 0.344 e. The Morgan fingerprint density at radius 3 is 2.60 bits per heavy atom. The van der Waals surface area contributed by atoms with E-state index < -0.39 is 11.9 Å². The lowest BCUT2D eigenvalue weighted by Crippen LogP contribution is -2.51. The fourth-order valence-electron chi connectivity index (χ4n) is 2.61. The van der Waals surface area contributed by atoms with Gasteiger partial charge in [0, 0.05) is 26.3 Å². The zero-order chi connectivity index (χ0) is 18.2. The van der Waals surface area contributed by atoms with Crippen LogP contribution in [0.25, 0.3) is 0 Å². The Kier molecular flexibility index (Phi) is 4.08. The highest BCUT2D eigenvalue weighted by atomic mass is 19.4. The summed E-state index contributed by atoms with van der Waals surface area (Å²) in [6.07, 6.45) is -1.40. The molecule has 10 heteroatoms. The second-order valence-corrected chi connectivity index (χ2v) is 5.52. The first-order valence-electron chi connectivity index (χ1n) is 7.32. The third-order valence-corrected chi connectivity index (χ3v) is 3.81. The minimum absolute atomic E-state index is 0.00405. The normalized spacial score (nSPS) is 15.4. The number of carbonyl (C=O) groups is 1. The van der Waals surface area contributed by atoms with Crippen LogP contribution in [0.5, 0.6) is 0 Å². The van der Waals surface area contributed by atoms with Crippen LogP contribution >= 0.6 is 0 Å². The standard InChI is InChI=1S/C15H13F3N6O/c1-22-8-11(7-20-22)24-5-4-23(9-13(24)25)14-10(6-19)2-3-12(21-14)15(16,17)18/h2-3,7-8H,4-5,9H2,1H3. The number of hydrogen-bond acceptors (Lipinski definition) is 5. The number of aryl methyl sites for hydroxylation is 1. The summed E-state index contributed by atoms with van der Waals surface area (Å²) >= 11 is 0. The third-order valence-electron chi connectivity index (χ3n) is 3.81. The largest absolute Gasteiger partial charge is 0.433 e. The molecule has 0 atom stereocenters. The van der Waals surface area contributed by atoms with Gasteiger partial charge < -0.3 is 9.80 Å². The maximum Gasteiger partial charge on any atom is 0.433 e. The van der Waals surface area contributed by atoms with Crippen LogP contribution in [0.15, 0.2) is 24.5 Å². The average Bonchev–Trinajstić information content (AvgIpc) is 2.99. The first-order valence-corrected chi connectivity index (χ1v) is 7.32. The molecule has 0 unspecified atom stereocenters. The zero-order valence-corrected chi connectivity index (χ0v) is 13.2.